The van der Waals surface area contributed by atoms with E-state index in [2.05, 4.69) is 10.4 Å². The molecule has 1 amide bonds. The number of carboxylic acid groups (broad SMARTS) is 1. The van der Waals surface area contributed by atoms with E-state index in [9.17, 15) is 14.7 Å². The Morgan fingerprint density at radius 3 is 2.40 bits per heavy atom. The Kier molecular flexibility index (Phi) is 4.47. The minimum Gasteiger partial charge on any atom is -0.545 e. The molecule has 7 heteroatoms. The first-order valence-corrected chi connectivity index (χ1v) is 7.41. The molecule has 0 aliphatic carbocycles. The van der Waals surface area contributed by atoms with Gasteiger partial charge in [0.05, 0.1) is 36.1 Å². The number of carboxylic acids is 1. The van der Waals surface area contributed by atoms with Gasteiger partial charge in [-0.05, 0) is 24.3 Å². The molecule has 1 aromatic heterocycles. The fourth-order valence-electron chi connectivity index (χ4n) is 2.39. The van der Waals surface area contributed by atoms with Gasteiger partial charge < -0.3 is 20.0 Å². The van der Waals surface area contributed by atoms with E-state index in [-0.39, 0.29) is 16.9 Å². The third-order valence-corrected chi connectivity index (χ3v) is 3.57. The molecule has 1 heterocycles. The maximum absolute atomic E-state index is 12.6. The minimum absolute atomic E-state index is 0.0158. The molecule has 0 aliphatic heterocycles. The Hall–Kier alpha value is -3.61. The number of aromatic carboxylic acids is 1. The van der Waals surface area contributed by atoms with Gasteiger partial charge in [-0.3, -0.25) is 4.79 Å². The minimum atomic E-state index is -1.43. The van der Waals surface area contributed by atoms with Crippen LogP contribution in [0.4, 0.5) is 5.82 Å². The van der Waals surface area contributed by atoms with Crippen LogP contribution in [0.15, 0.2) is 60.8 Å². The highest BCUT2D eigenvalue weighted by atomic mass is 16.5. The average Bonchev–Trinajstić information content (AvgIpc) is 3.06. The van der Waals surface area contributed by atoms with Crippen molar-refractivity contribution in [3.05, 3.63) is 71.9 Å². The van der Waals surface area contributed by atoms with Crippen molar-refractivity contribution in [1.29, 1.82) is 0 Å². The SMILES string of the molecule is COc1ccccc1C(=O)Nc1c(C(=O)[O-])cnn1-c1ccccc1. The maximum Gasteiger partial charge on any atom is 0.260 e. The zero-order valence-corrected chi connectivity index (χ0v) is 13.3. The molecule has 1 N–H and O–H groups in total. The van der Waals surface area contributed by atoms with Crippen molar-refractivity contribution in [3.8, 4) is 11.4 Å². The van der Waals surface area contributed by atoms with Crippen LogP contribution in [-0.4, -0.2) is 28.8 Å². The first-order chi connectivity index (χ1) is 12.1. The van der Waals surface area contributed by atoms with Crippen LogP contribution in [-0.2, 0) is 0 Å². The van der Waals surface area contributed by atoms with Gasteiger partial charge in [0.15, 0.2) is 0 Å². The number of aromatic nitrogens is 2. The van der Waals surface area contributed by atoms with E-state index in [1.807, 2.05) is 6.07 Å². The molecular formula is C18H14N3O4-. The summed E-state index contributed by atoms with van der Waals surface area (Å²) in [4.78, 5) is 24.0. The maximum atomic E-state index is 12.6. The summed E-state index contributed by atoms with van der Waals surface area (Å²) in [6.07, 6.45) is 1.14. The molecule has 0 spiro atoms. The normalized spacial score (nSPS) is 10.3. The molecule has 0 atom stereocenters. The van der Waals surface area contributed by atoms with E-state index in [0.717, 1.165) is 6.20 Å². The van der Waals surface area contributed by atoms with E-state index in [0.29, 0.717) is 11.4 Å². The summed E-state index contributed by atoms with van der Waals surface area (Å²) in [5.74, 6) is -1.56. The Labute approximate surface area is 143 Å². The lowest BCUT2D eigenvalue weighted by atomic mass is 10.2. The standard InChI is InChI=1S/C18H15N3O4/c1-25-15-10-6-5-9-13(15)17(22)20-16-14(18(23)24)11-19-21(16)12-7-3-2-4-8-12/h2-11H,1H3,(H,20,22)(H,23,24)/p-1. The van der Waals surface area contributed by atoms with Crippen molar-refractivity contribution >= 4 is 17.7 Å². The number of para-hydroxylation sites is 2. The summed E-state index contributed by atoms with van der Waals surface area (Å²) >= 11 is 0. The van der Waals surface area contributed by atoms with Gasteiger partial charge in [-0.2, -0.15) is 5.10 Å². The van der Waals surface area contributed by atoms with Crippen LogP contribution in [0.3, 0.4) is 0 Å². The number of nitrogens with one attached hydrogen (secondary N) is 1. The number of benzene rings is 2. The molecular weight excluding hydrogens is 322 g/mol. The molecule has 0 aliphatic rings. The predicted molar refractivity (Wildman–Crippen MR) is 88.8 cm³/mol. The summed E-state index contributed by atoms with van der Waals surface area (Å²) in [7, 11) is 1.45. The molecule has 0 saturated carbocycles. The lowest BCUT2D eigenvalue weighted by Crippen LogP contribution is -2.25. The second kappa shape index (κ2) is 6.88. The highest BCUT2D eigenvalue weighted by molar-refractivity contribution is 6.08. The molecule has 25 heavy (non-hydrogen) atoms. The van der Waals surface area contributed by atoms with Crippen LogP contribution >= 0.6 is 0 Å². The smallest absolute Gasteiger partial charge is 0.260 e. The molecule has 7 nitrogen and oxygen atoms in total. The van der Waals surface area contributed by atoms with Crippen molar-refractivity contribution in [2.75, 3.05) is 12.4 Å². The largest absolute Gasteiger partial charge is 0.545 e. The number of carbonyl (C=O) groups is 2. The third kappa shape index (κ3) is 3.20. The average molecular weight is 336 g/mol. The molecule has 0 bridgehead atoms. The zero-order valence-electron chi connectivity index (χ0n) is 13.3. The fraction of sp³-hybridized carbons (Fsp3) is 0.0556. The lowest BCUT2D eigenvalue weighted by Gasteiger charge is -2.13. The van der Waals surface area contributed by atoms with E-state index >= 15 is 0 Å². The molecule has 126 valence electrons. The van der Waals surface area contributed by atoms with Crippen LogP contribution < -0.4 is 15.2 Å². The quantitative estimate of drug-likeness (QED) is 0.761. The van der Waals surface area contributed by atoms with Gasteiger partial charge in [-0.15, -0.1) is 0 Å². The van der Waals surface area contributed by atoms with Crippen LogP contribution in [0, 0.1) is 0 Å². The second-order valence-electron chi connectivity index (χ2n) is 5.10. The first-order valence-electron chi connectivity index (χ1n) is 7.41. The number of amides is 1. The lowest BCUT2D eigenvalue weighted by molar-refractivity contribution is -0.254. The summed E-state index contributed by atoms with van der Waals surface area (Å²) < 4.78 is 6.50. The van der Waals surface area contributed by atoms with Gasteiger partial charge in [0, 0.05) is 0 Å². The monoisotopic (exact) mass is 336 g/mol. The summed E-state index contributed by atoms with van der Waals surface area (Å²) in [6, 6.07) is 15.5. The number of hydrogen-bond acceptors (Lipinski definition) is 5. The Morgan fingerprint density at radius 2 is 1.72 bits per heavy atom. The van der Waals surface area contributed by atoms with E-state index in [1.165, 1.54) is 11.8 Å². The van der Waals surface area contributed by atoms with Gasteiger partial charge in [-0.1, -0.05) is 30.3 Å². The van der Waals surface area contributed by atoms with Crippen LogP contribution in [0.25, 0.3) is 5.69 Å². The molecule has 0 saturated heterocycles. The molecule has 3 rings (SSSR count). The van der Waals surface area contributed by atoms with Crippen molar-refractivity contribution in [2.24, 2.45) is 0 Å². The first kappa shape index (κ1) is 16.3. The number of hydrogen-bond donors (Lipinski definition) is 1. The topological polar surface area (TPSA) is 96.3 Å². The number of nitrogens with zero attached hydrogens (tertiary/aromatic N) is 2. The predicted octanol–water partition coefficient (Wildman–Crippen LogP) is 1.50. The van der Waals surface area contributed by atoms with Crippen molar-refractivity contribution in [2.45, 2.75) is 0 Å². The van der Waals surface area contributed by atoms with Crippen molar-refractivity contribution < 1.29 is 19.4 Å². The molecule has 0 unspecified atom stereocenters. The van der Waals surface area contributed by atoms with Gasteiger partial charge in [-0.25, -0.2) is 4.68 Å². The van der Waals surface area contributed by atoms with E-state index in [4.69, 9.17) is 4.74 Å². The highest BCUT2D eigenvalue weighted by Gasteiger charge is 2.18. The second-order valence-corrected chi connectivity index (χ2v) is 5.10. The third-order valence-electron chi connectivity index (χ3n) is 3.57. The van der Waals surface area contributed by atoms with Crippen molar-refractivity contribution in [3.63, 3.8) is 0 Å². The number of ether oxygens (including phenoxy) is 1. The molecule has 3 aromatic rings. The van der Waals surface area contributed by atoms with Gasteiger partial charge in [0.2, 0.25) is 0 Å². The van der Waals surface area contributed by atoms with E-state index in [1.54, 1.807) is 48.5 Å². The van der Waals surface area contributed by atoms with Gasteiger partial charge in [0.25, 0.3) is 5.91 Å². The Balaban J connectivity index is 2.03. The number of carbonyl (C=O) groups excluding carboxylic acids is 2. The summed E-state index contributed by atoms with van der Waals surface area (Å²) in [5, 5.41) is 18.0. The van der Waals surface area contributed by atoms with Crippen molar-refractivity contribution in [1.82, 2.24) is 9.78 Å². The number of methoxy groups -OCH3 is 1. The molecule has 0 radical (unpaired) electrons. The number of anilines is 1. The van der Waals surface area contributed by atoms with Gasteiger partial charge in [0.1, 0.15) is 11.6 Å². The van der Waals surface area contributed by atoms with Crippen LogP contribution in [0.1, 0.15) is 20.7 Å². The van der Waals surface area contributed by atoms with Crippen LogP contribution in [0.5, 0.6) is 5.75 Å². The Morgan fingerprint density at radius 1 is 1.04 bits per heavy atom. The molecule has 2 aromatic carbocycles. The highest BCUT2D eigenvalue weighted by Crippen LogP contribution is 2.23. The molecule has 0 fully saturated rings. The van der Waals surface area contributed by atoms with Gasteiger partial charge >= 0.3 is 0 Å². The summed E-state index contributed by atoms with van der Waals surface area (Å²) in [5.41, 5.74) is 0.660. The Bertz CT molecular complexity index is 919. The number of rotatable bonds is 5. The fourth-order valence-corrected chi connectivity index (χ4v) is 2.39. The van der Waals surface area contributed by atoms with Crippen LogP contribution in [0.2, 0.25) is 0 Å². The van der Waals surface area contributed by atoms with E-state index < -0.39 is 11.9 Å². The summed E-state index contributed by atoms with van der Waals surface area (Å²) in [6.45, 7) is 0. The zero-order chi connectivity index (χ0) is 17.8.